The van der Waals surface area contributed by atoms with E-state index in [2.05, 4.69) is 5.32 Å². The monoisotopic (exact) mass is 300 g/mol. The molecule has 0 saturated heterocycles. The minimum Gasteiger partial charge on any atom is -0.366 e. The maximum absolute atomic E-state index is 11.1. The number of rotatable bonds is 4. The molecule has 2 aliphatic rings. The fourth-order valence-corrected chi connectivity index (χ4v) is 4.29. The van der Waals surface area contributed by atoms with Gasteiger partial charge in [-0.3, -0.25) is 4.79 Å². The van der Waals surface area contributed by atoms with Crippen LogP contribution in [0.15, 0.2) is 24.3 Å². The molecule has 1 spiro atoms. The average molecular weight is 300 g/mol. The predicted octanol–water partition coefficient (Wildman–Crippen LogP) is 3.77. The Morgan fingerprint density at radius 3 is 2.27 bits per heavy atom. The largest absolute Gasteiger partial charge is 0.366 e. The van der Waals surface area contributed by atoms with Crippen LogP contribution in [-0.2, 0) is 6.54 Å². The number of amides is 1. The molecule has 0 aromatic heterocycles. The molecule has 0 unspecified atom stereocenters. The molecule has 1 aromatic carbocycles. The van der Waals surface area contributed by atoms with Crippen molar-refractivity contribution < 1.29 is 4.79 Å². The van der Waals surface area contributed by atoms with Crippen LogP contribution in [-0.4, -0.2) is 11.9 Å². The molecular weight excluding hydrogens is 272 g/mol. The Labute approximate surface area is 133 Å². The predicted molar refractivity (Wildman–Crippen MR) is 89.6 cm³/mol. The lowest BCUT2D eigenvalue weighted by molar-refractivity contribution is 0.100. The van der Waals surface area contributed by atoms with E-state index in [9.17, 15) is 4.79 Å². The standard InChI is InChI=1S/C19H28N2O/c20-18(22)16-6-4-15(5-7-16)14-21-17-8-12-19(13-9-17)10-2-1-3-11-19/h4-7,17,21H,1-3,8-14H2,(H2,20,22). The van der Waals surface area contributed by atoms with Crippen LogP contribution in [0.3, 0.4) is 0 Å². The molecule has 0 aliphatic heterocycles. The highest BCUT2D eigenvalue weighted by molar-refractivity contribution is 5.92. The second kappa shape index (κ2) is 6.82. The van der Waals surface area contributed by atoms with E-state index in [1.54, 1.807) is 0 Å². The zero-order chi connectivity index (χ0) is 15.4. The first-order valence-corrected chi connectivity index (χ1v) is 8.79. The summed E-state index contributed by atoms with van der Waals surface area (Å²) in [7, 11) is 0. The number of hydrogen-bond donors (Lipinski definition) is 2. The van der Waals surface area contributed by atoms with E-state index in [-0.39, 0.29) is 5.91 Å². The van der Waals surface area contributed by atoms with Gasteiger partial charge >= 0.3 is 0 Å². The van der Waals surface area contributed by atoms with Crippen LogP contribution in [0.5, 0.6) is 0 Å². The molecule has 1 aromatic rings. The quantitative estimate of drug-likeness (QED) is 0.889. The van der Waals surface area contributed by atoms with Crippen LogP contribution in [0.25, 0.3) is 0 Å². The van der Waals surface area contributed by atoms with E-state index in [1.807, 2.05) is 24.3 Å². The van der Waals surface area contributed by atoms with Gasteiger partial charge in [0, 0.05) is 18.2 Å². The molecule has 0 radical (unpaired) electrons. The maximum Gasteiger partial charge on any atom is 0.248 e. The lowest BCUT2D eigenvalue weighted by Crippen LogP contribution is -2.38. The fraction of sp³-hybridized carbons (Fsp3) is 0.632. The summed E-state index contributed by atoms with van der Waals surface area (Å²) >= 11 is 0. The molecule has 3 rings (SSSR count). The van der Waals surface area contributed by atoms with Crippen molar-refractivity contribution >= 4 is 5.91 Å². The highest BCUT2D eigenvalue weighted by atomic mass is 16.1. The van der Waals surface area contributed by atoms with Crippen molar-refractivity contribution in [3.63, 3.8) is 0 Å². The molecule has 3 N–H and O–H groups in total. The second-order valence-electron chi connectivity index (χ2n) is 7.28. The Bertz CT molecular complexity index is 493. The van der Waals surface area contributed by atoms with Crippen molar-refractivity contribution in [3.05, 3.63) is 35.4 Å². The van der Waals surface area contributed by atoms with Crippen molar-refractivity contribution in [2.45, 2.75) is 70.4 Å². The smallest absolute Gasteiger partial charge is 0.248 e. The van der Waals surface area contributed by atoms with Gasteiger partial charge in [-0.1, -0.05) is 31.4 Å². The number of hydrogen-bond acceptors (Lipinski definition) is 2. The number of nitrogens with two attached hydrogens (primary N) is 1. The summed E-state index contributed by atoms with van der Waals surface area (Å²) in [5.41, 5.74) is 7.77. The molecule has 2 fully saturated rings. The molecule has 120 valence electrons. The third-order valence-electron chi connectivity index (χ3n) is 5.79. The van der Waals surface area contributed by atoms with Gasteiger partial charge in [0.25, 0.3) is 0 Å². The number of nitrogens with one attached hydrogen (secondary N) is 1. The first-order chi connectivity index (χ1) is 10.7. The number of benzene rings is 1. The van der Waals surface area contributed by atoms with E-state index < -0.39 is 0 Å². The Kier molecular flexibility index (Phi) is 4.82. The summed E-state index contributed by atoms with van der Waals surface area (Å²) in [5.74, 6) is -0.357. The number of primary amides is 1. The zero-order valence-electron chi connectivity index (χ0n) is 13.4. The Hall–Kier alpha value is -1.35. The highest BCUT2D eigenvalue weighted by Gasteiger charge is 2.35. The van der Waals surface area contributed by atoms with Gasteiger partial charge in [0.1, 0.15) is 0 Å². The summed E-state index contributed by atoms with van der Waals surface area (Å²) in [6, 6.07) is 8.29. The normalized spacial score (nSPS) is 21.8. The molecule has 2 aliphatic carbocycles. The molecule has 3 nitrogen and oxygen atoms in total. The molecular formula is C19H28N2O. The third-order valence-corrected chi connectivity index (χ3v) is 5.79. The molecule has 0 heterocycles. The van der Waals surface area contributed by atoms with Crippen LogP contribution in [0.4, 0.5) is 0 Å². The summed E-state index contributed by atoms with van der Waals surface area (Å²) < 4.78 is 0. The van der Waals surface area contributed by atoms with Crippen molar-refractivity contribution in [2.75, 3.05) is 0 Å². The second-order valence-corrected chi connectivity index (χ2v) is 7.28. The number of carbonyl (C=O) groups excluding carboxylic acids is 1. The number of carbonyl (C=O) groups is 1. The van der Waals surface area contributed by atoms with Crippen molar-refractivity contribution in [3.8, 4) is 0 Å². The molecule has 22 heavy (non-hydrogen) atoms. The van der Waals surface area contributed by atoms with Gasteiger partial charge in [0.15, 0.2) is 0 Å². The van der Waals surface area contributed by atoms with E-state index in [1.165, 1.54) is 63.4 Å². The van der Waals surface area contributed by atoms with Crippen molar-refractivity contribution in [1.29, 1.82) is 0 Å². The first-order valence-electron chi connectivity index (χ1n) is 8.79. The molecule has 0 bridgehead atoms. The Balaban J connectivity index is 1.46. The highest BCUT2D eigenvalue weighted by Crippen LogP contribution is 2.47. The van der Waals surface area contributed by atoms with Crippen molar-refractivity contribution in [2.24, 2.45) is 11.1 Å². The van der Waals surface area contributed by atoms with Gasteiger partial charge < -0.3 is 11.1 Å². The van der Waals surface area contributed by atoms with Crippen LogP contribution in [0.2, 0.25) is 0 Å². The summed E-state index contributed by atoms with van der Waals surface area (Å²) in [6.45, 7) is 0.886. The lowest BCUT2D eigenvalue weighted by Gasteiger charge is -2.43. The van der Waals surface area contributed by atoms with Gasteiger partial charge in [0.2, 0.25) is 5.91 Å². The lowest BCUT2D eigenvalue weighted by atomic mass is 9.64. The van der Waals surface area contributed by atoms with Crippen LogP contribution in [0, 0.1) is 5.41 Å². The SMILES string of the molecule is NC(=O)c1ccc(CNC2CCC3(CCCCC3)CC2)cc1. The van der Waals surface area contributed by atoms with Crippen LogP contribution < -0.4 is 11.1 Å². The van der Waals surface area contributed by atoms with Gasteiger partial charge in [0.05, 0.1) is 0 Å². The molecule has 0 atom stereocenters. The molecule has 2 saturated carbocycles. The van der Waals surface area contributed by atoms with E-state index in [4.69, 9.17) is 5.73 Å². The first kappa shape index (κ1) is 15.5. The zero-order valence-corrected chi connectivity index (χ0v) is 13.4. The van der Waals surface area contributed by atoms with Gasteiger partial charge in [-0.2, -0.15) is 0 Å². The van der Waals surface area contributed by atoms with Crippen LogP contribution >= 0.6 is 0 Å². The van der Waals surface area contributed by atoms with Gasteiger partial charge in [-0.25, -0.2) is 0 Å². The van der Waals surface area contributed by atoms with Gasteiger partial charge in [-0.05, 0) is 61.6 Å². The van der Waals surface area contributed by atoms with E-state index >= 15 is 0 Å². The van der Waals surface area contributed by atoms with Crippen molar-refractivity contribution in [1.82, 2.24) is 5.32 Å². The van der Waals surface area contributed by atoms with E-state index in [0.29, 0.717) is 17.0 Å². The van der Waals surface area contributed by atoms with Gasteiger partial charge in [-0.15, -0.1) is 0 Å². The minimum atomic E-state index is -0.357. The summed E-state index contributed by atoms with van der Waals surface area (Å²) in [5, 5.41) is 3.69. The van der Waals surface area contributed by atoms with Crippen LogP contribution in [0.1, 0.15) is 73.7 Å². The minimum absolute atomic E-state index is 0.357. The molecule has 3 heteroatoms. The maximum atomic E-state index is 11.1. The summed E-state index contributed by atoms with van der Waals surface area (Å²) in [6.07, 6.45) is 12.7. The van der Waals surface area contributed by atoms with E-state index in [0.717, 1.165) is 6.54 Å². The third kappa shape index (κ3) is 3.70. The average Bonchev–Trinajstić information content (AvgIpc) is 2.56. The molecule has 1 amide bonds. The summed E-state index contributed by atoms with van der Waals surface area (Å²) in [4.78, 5) is 11.1. The fourth-order valence-electron chi connectivity index (χ4n) is 4.29. The topological polar surface area (TPSA) is 55.1 Å². The Morgan fingerprint density at radius 2 is 1.68 bits per heavy atom. The Morgan fingerprint density at radius 1 is 1.05 bits per heavy atom.